The Balaban J connectivity index is 1.98. The highest BCUT2D eigenvalue weighted by Crippen LogP contribution is 2.28. The van der Waals surface area contributed by atoms with Crippen molar-refractivity contribution in [2.24, 2.45) is 0 Å². The van der Waals surface area contributed by atoms with E-state index in [1.54, 1.807) is 30.3 Å². The van der Waals surface area contributed by atoms with E-state index in [0.717, 1.165) is 23.1 Å². The van der Waals surface area contributed by atoms with Gasteiger partial charge in [0.05, 0.1) is 0 Å². The Hall–Kier alpha value is -2.73. The van der Waals surface area contributed by atoms with Crippen LogP contribution < -0.4 is 10.1 Å². The number of hydrogen-bond donors (Lipinski definition) is 1. The Bertz CT molecular complexity index is 1220. The number of rotatable bonds is 11. The molecule has 38 heavy (non-hydrogen) atoms. The van der Waals surface area contributed by atoms with E-state index >= 15 is 0 Å². The first kappa shape index (κ1) is 29.8. The Morgan fingerprint density at radius 1 is 0.947 bits per heavy atom. The Morgan fingerprint density at radius 2 is 1.55 bits per heavy atom. The smallest absolute Gasteiger partial charge is 0.261 e. The van der Waals surface area contributed by atoms with Crippen LogP contribution in [0.25, 0.3) is 0 Å². The van der Waals surface area contributed by atoms with E-state index in [1.165, 1.54) is 4.90 Å². The van der Waals surface area contributed by atoms with Crippen LogP contribution in [0.1, 0.15) is 42.5 Å². The summed E-state index contributed by atoms with van der Waals surface area (Å²) in [4.78, 5) is 28.9. The molecule has 8 heteroatoms. The van der Waals surface area contributed by atoms with Gasteiger partial charge in [-0.1, -0.05) is 78.1 Å². The van der Waals surface area contributed by atoms with Gasteiger partial charge in [-0.05, 0) is 68.1 Å². The van der Waals surface area contributed by atoms with Gasteiger partial charge in [0.15, 0.2) is 6.61 Å². The summed E-state index contributed by atoms with van der Waals surface area (Å²) in [5, 5.41) is 4.53. The number of benzene rings is 3. The number of carbonyl (C=O) groups is 2. The molecule has 0 heterocycles. The molecule has 2 atom stereocenters. The molecule has 2 amide bonds. The molecule has 0 bridgehead atoms. The number of hydrogen-bond acceptors (Lipinski definition) is 3. The van der Waals surface area contributed by atoms with Gasteiger partial charge >= 0.3 is 0 Å². The first-order valence-electron chi connectivity index (χ1n) is 12.6. The molecule has 0 aromatic heterocycles. The van der Waals surface area contributed by atoms with Crippen molar-refractivity contribution in [1.82, 2.24) is 10.2 Å². The number of aryl methyl sites for hydroxylation is 2. The van der Waals surface area contributed by atoms with Crippen molar-refractivity contribution in [2.75, 3.05) is 6.61 Å². The summed E-state index contributed by atoms with van der Waals surface area (Å²) in [5.74, 6) is -0.0958. The summed E-state index contributed by atoms with van der Waals surface area (Å²) in [6.45, 7) is 7.46. The van der Waals surface area contributed by atoms with Crippen LogP contribution in [0.3, 0.4) is 0 Å². The molecule has 2 unspecified atom stereocenters. The zero-order valence-corrected chi connectivity index (χ0v) is 24.3. The van der Waals surface area contributed by atoms with Gasteiger partial charge in [0, 0.05) is 39.6 Å². The van der Waals surface area contributed by atoms with Crippen molar-refractivity contribution < 1.29 is 14.3 Å². The highest BCUT2D eigenvalue weighted by atomic mass is 35.5. The van der Waals surface area contributed by atoms with Crippen LogP contribution in [0, 0.1) is 13.8 Å². The van der Waals surface area contributed by atoms with Gasteiger partial charge in [-0.15, -0.1) is 0 Å². The summed E-state index contributed by atoms with van der Waals surface area (Å²) >= 11 is 19.3. The lowest BCUT2D eigenvalue weighted by Gasteiger charge is -2.32. The van der Waals surface area contributed by atoms with Crippen LogP contribution in [-0.4, -0.2) is 35.4 Å². The maximum absolute atomic E-state index is 13.8. The fraction of sp³-hybridized carbons (Fsp3) is 0.333. The van der Waals surface area contributed by atoms with E-state index in [4.69, 9.17) is 39.5 Å². The summed E-state index contributed by atoms with van der Waals surface area (Å²) < 4.78 is 5.90. The van der Waals surface area contributed by atoms with Crippen LogP contribution in [0.15, 0.2) is 60.7 Å². The van der Waals surface area contributed by atoms with Crippen molar-refractivity contribution in [2.45, 2.75) is 59.2 Å². The topological polar surface area (TPSA) is 58.6 Å². The van der Waals surface area contributed by atoms with Crippen LogP contribution in [0.2, 0.25) is 15.1 Å². The van der Waals surface area contributed by atoms with Crippen molar-refractivity contribution >= 4 is 46.6 Å². The SMILES string of the molecule is CCC(C)NC(=O)C(Cc1ccccc1)N(Cc1c(Cl)cccc1Cl)C(=O)COc1cc(C)c(Cl)c(C)c1. The van der Waals surface area contributed by atoms with E-state index in [2.05, 4.69) is 5.32 Å². The van der Waals surface area contributed by atoms with Crippen LogP contribution in [0.4, 0.5) is 0 Å². The molecule has 3 rings (SSSR count). The third-order valence-corrected chi connectivity index (χ3v) is 7.74. The molecule has 5 nitrogen and oxygen atoms in total. The van der Waals surface area contributed by atoms with Crippen LogP contribution >= 0.6 is 34.8 Å². The summed E-state index contributed by atoms with van der Waals surface area (Å²) in [7, 11) is 0. The number of nitrogens with zero attached hydrogens (tertiary/aromatic N) is 1. The molecule has 0 saturated heterocycles. The summed E-state index contributed by atoms with van der Waals surface area (Å²) in [6.07, 6.45) is 1.07. The van der Waals surface area contributed by atoms with Gasteiger partial charge in [-0.25, -0.2) is 0 Å². The summed E-state index contributed by atoms with van der Waals surface area (Å²) in [6, 6.07) is 17.5. The Morgan fingerprint density at radius 3 is 2.13 bits per heavy atom. The van der Waals surface area contributed by atoms with Gasteiger partial charge < -0.3 is 15.0 Å². The Labute approximate surface area is 240 Å². The molecule has 202 valence electrons. The predicted molar refractivity (Wildman–Crippen MR) is 155 cm³/mol. The van der Waals surface area contributed by atoms with E-state index < -0.39 is 6.04 Å². The predicted octanol–water partition coefficient (Wildman–Crippen LogP) is 7.20. The van der Waals surface area contributed by atoms with E-state index in [1.807, 2.05) is 58.0 Å². The third kappa shape index (κ3) is 7.89. The zero-order valence-electron chi connectivity index (χ0n) is 22.1. The number of halogens is 3. The Kier molecular flexibility index (Phi) is 10.9. The first-order valence-corrected chi connectivity index (χ1v) is 13.7. The highest BCUT2D eigenvalue weighted by Gasteiger charge is 2.32. The van der Waals surface area contributed by atoms with Crippen molar-refractivity contribution in [3.8, 4) is 5.75 Å². The maximum atomic E-state index is 13.8. The van der Waals surface area contributed by atoms with Gasteiger partial charge in [0.25, 0.3) is 5.91 Å². The first-order chi connectivity index (χ1) is 18.1. The molecule has 0 aliphatic heterocycles. The monoisotopic (exact) mass is 574 g/mol. The number of ether oxygens (including phenoxy) is 1. The average molecular weight is 576 g/mol. The second-order valence-corrected chi connectivity index (χ2v) is 10.6. The lowest BCUT2D eigenvalue weighted by atomic mass is 10.0. The second kappa shape index (κ2) is 13.9. The van der Waals surface area contributed by atoms with E-state index in [9.17, 15) is 9.59 Å². The summed E-state index contributed by atoms with van der Waals surface area (Å²) in [5.41, 5.74) is 3.19. The molecule has 0 fully saturated rings. The van der Waals surface area contributed by atoms with Crippen LogP contribution in [-0.2, 0) is 22.6 Å². The van der Waals surface area contributed by atoms with E-state index in [-0.39, 0.29) is 31.0 Å². The molecule has 3 aromatic rings. The van der Waals surface area contributed by atoms with E-state index in [0.29, 0.717) is 32.8 Å². The largest absolute Gasteiger partial charge is 0.484 e. The van der Waals surface area contributed by atoms with Gasteiger partial charge in [-0.2, -0.15) is 0 Å². The fourth-order valence-corrected chi connectivity index (χ4v) is 4.69. The molecule has 0 aliphatic carbocycles. The molecule has 0 spiro atoms. The normalized spacial score (nSPS) is 12.5. The highest BCUT2D eigenvalue weighted by molar-refractivity contribution is 6.36. The number of amides is 2. The van der Waals surface area contributed by atoms with Gasteiger partial charge in [0.1, 0.15) is 11.8 Å². The minimum absolute atomic E-state index is 0.0464. The second-order valence-electron chi connectivity index (χ2n) is 9.40. The molecule has 1 N–H and O–H groups in total. The minimum Gasteiger partial charge on any atom is -0.484 e. The quantitative estimate of drug-likeness (QED) is 0.263. The molecular formula is C30H33Cl3N2O3. The standard InChI is InChI=1S/C30H33Cl3N2O3/c1-5-21(4)34-30(37)27(16-22-10-7-6-8-11-22)35(17-24-25(31)12-9-13-26(24)32)28(36)18-38-23-14-19(2)29(33)20(3)15-23/h6-15,21,27H,5,16-18H2,1-4H3,(H,34,37). The lowest BCUT2D eigenvalue weighted by Crippen LogP contribution is -2.53. The average Bonchev–Trinajstić information content (AvgIpc) is 2.89. The lowest BCUT2D eigenvalue weighted by molar-refractivity contribution is -0.143. The van der Waals surface area contributed by atoms with Gasteiger partial charge in [-0.3, -0.25) is 9.59 Å². The maximum Gasteiger partial charge on any atom is 0.261 e. The number of nitrogens with one attached hydrogen (secondary N) is 1. The molecule has 0 saturated carbocycles. The minimum atomic E-state index is -0.816. The molecule has 0 radical (unpaired) electrons. The van der Waals surface area contributed by atoms with Crippen molar-refractivity contribution in [1.29, 1.82) is 0 Å². The van der Waals surface area contributed by atoms with Crippen molar-refractivity contribution in [3.05, 3.63) is 98.0 Å². The van der Waals surface area contributed by atoms with Crippen molar-refractivity contribution in [3.63, 3.8) is 0 Å². The van der Waals surface area contributed by atoms with Crippen LogP contribution in [0.5, 0.6) is 5.75 Å². The molecule has 0 aliphatic rings. The molecular weight excluding hydrogens is 543 g/mol. The van der Waals surface area contributed by atoms with Gasteiger partial charge in [0.2, 0.25) is 5.91 Å². The number of carbonyl (C=O) groups excluding carboxylic acids is 2. The fourth-order valence-electron chi connectivity index (χ4n) is 4.07. The molecule has 3 aromatic carbocycles. The third-order valence-electron chi connectivity index (χ3n) is 6.43. The zero-order chi connectivity index (χ0) is 27.8.